The smallest absolute Gasteiger partial charge is 0.347 e. The molecule has 0 saturated carbocycles. The maximum absolute atomic E-state index is 13.3. The van der Waals surface area contributed by atoms with Gasteiger partial charge in [-0.15, -0.1) is 11.3 Å². The number of thiazole rings is 1. The van der Waals surface area contributed by atoms with Gasteiger partial charge >= 0.3 is 5.97 Å². The highest BCUT2D eigenvalue weighted by atomic mass is 32.1. The lowest BCUT2D eigenvalue weighted by Gasteiger charge is -2.13. The molecule has 0 saturated heterocycles. The second kappa shape index (κ2) is 7.39. The van der Waals surface area contributed by atoms with Crippen LogP contribution in [0, 0.1) is 12.7 Å². The van der Waals surface area contributed by atoms with Gasteiger partial charge in [0.05, 0.1) is 25.3 Å². The summed E-state index contributed by atoms with van der Waals surface area (Å²) in [7, 11) is 1.45. The summed E-state index contributed by atoms with van der Waals surface area (Å²) in [5, 5.41) is 12.3. The summed E-state index contributed by atoms with van der Waals surface area (Å²) in [6, 6.07) is 3.52. The van der Waals surface area contributed by atoms with Crippen molar-refractivity contribution in [3.63, 3.8) is 0 Å². The fourth-order valence-electron chi connectivity index (χ4n) is 2.21. The van der Waals surface area contributed by atoms with Gasteiger partial charge in [0, 0.05) is 5.56 Å². The Balaban J connectivity index is 2.08. The van der Waals surface area contributed by atoms with Crippen LogP contribution in [0.5, 0.6) is 5.75 Å². The summed E-state index contributed by atoms with van der Waals surface area (Å²) in [4.78, 5) is 27.6. The highest BCUT2D eigenvalue weighted by Crippen LogP contribution is 2.24. The highest BCUT2D eigenvalue weighted by Gasteiger charge is 2.20. The Morgan fingerprint density at radius 2 is 2.17 bits per heavy atom. The van der Waals surface area contributed by atoms with Crippen molar-refractivity contribution in [1.82, 2.24) is 10.3 Å². The van der Waals surface area contributed by atoms with E-state index in [4.69, 9.17) is 9.84 Å². The molecule has 0 fully saturated rings. The van der Waals surface area contributed by atoms with Crippen molar-refractivity contribution in [2.75, 3.05) is 7.11 Å². The molecule has 2 N–H and O–H groups in total. The number of aromatic carboxylic acids is 1. The van der Waals surface area contributed by atoms with Crippen LogP contribution in [0.4, 0.5) is 4.39 Å². The van der Waals surface area contributed by atoms with Crippen molar-refractivity contribution in [3.05, 3.63) is 45.2 Å². The Kier molecular flexibility index (Phi) is 5.50. The summed E-state index contributed by atoms with van der Waals surface area (Å²) in [6.07, 6.45) is -0.0541. The van der Waals surface area contributed by atoms with Crippen LogP contribution in [0.25, 0.3) is 0 Å². The number of nitrogens with zero attached hydrogens (tertiary/aromatic N) is 1. The molecule has 24 heavy (non-hydrogen) atoms. The standard InChI is InChI=1S/C16H17FN2O4S/c1-8-14(16(21)22)24-15(19-8)9(2)18-13(20)7-10-6-11(17)4-5-12(10)23-3/h4-6,9H,7H2,1-3H3,(H,18,20)(H,21,22). The lowest BCUT2D eigenvalue weighted by molar-refractivity contribution is -0.121. The molecule has 128 valence electrons. The first-order valence-corrected chi connectivity index (χ1v) is 7.96. The van der Waals surface area contributed by atoms with E-state index < -0.39 is 17.8 Å². The van der Waals surface area contributed by atoms with Crippen molar-refractivity contribution >= 4 is 23.2 Å². The van der Waals surface area contributed by atoms with Crippen molar-refractivity contribution in [1.29, 1.82) is 0 Å². The number of carboxylic acid groups (broad SMARTS) is 1. The Hall–Kier alpha value is -2.48. The van der Waals surface area contributed by atoms with Crippen molar-refractivity contribution < 1.29 is 23.8 Å². The molecule has 0 aliphatic rings. The molecule has 1 amide bonds. The van der Waals surface area contributed by atoms with Crippen molar-refractivity contribution in [2.45, 2.75) is 26.3 Å². The third-order valence-electron chi connectivity index (χ3n) is 3.35. The van der Waals surface area contributed by atoms with Gasteiger partial charge < -0.3 is 15.2 Å². The summed E-state index contributed by atoms with van der Waals surface area (Å²) in [6.45, 7) is 3.32. The molecular weight excluding hydrogens is 335 g/mol. The molecule has 2 aromatic rings. The number of ether oxygens (including phenoxy) is 1. The van der Waals surface area contributed by atoms with Crippen LogP contribution in [0.3, 0.4) is 0 Å². The molecule has 0 radical (unpaired) electrons. The van der Waals surface area contributed by atoms with Gasteiger partial charge in [-0.3, -0.25) is 4.79 Å². The Morgan fingerprint density at radius 1 is 1.46 bits per heavy atom. The summed E-state index contributed by atoms with van der Waals surface area (Å²) in [5.41, 5.74) is 0.846. The van der Waals surface area contributed by atoms with Crippen LogP contribution in [-0.2, 0) is 11.2 Å². The van der Waals surface area contributed by atoms with E-state index in [1.54, 1.807) is 13.8 Å². The maximum Gasteiger partial charge on any atom is 0.347 e. The van der Waals surface area contributed by atoms with E-state index in [-0.39, 0.29) is 17.2 Å². The molecule has 2 rings (SSSR count). The van der Waals surface area contributed by atoms with Gasteiger partial charge in [-0.05, 0) is 32.0 Å². The van der Waals surface area contributed by atoms with Crippen LogP contribution in [-0.4, -0.2) is 29.1 Å². The number of carbonyl (C=O) groups excluding carboxylic acids is 1. The number of rotatable bonds is 6. The number of hydrogen-bond acceptors (Lipinski definition) is 5. The number of methoxy groups -OCH3 is 1. The summed E-state index contributed by atoms with van der Waals surface area (Å²) >= 11 is 1.02. The molecule has 1 aromatic heterocycles. The number of amides is 1. The minimum absolute atomic E-state index is 0.0541. The molecule has 0 aliphatic carbocycles. The van der Waals surface area contributed by atoms with Gasteiger partial charge in [-0.1, -0.05) is 0 Å². The van der Waals surface area contributed by atoms with Gasteiger partial charge in [-0.2, -0.15) is 0 Å². The van der Waals surface area contributed by atoms with Gasteiger partial charge in [0.25, 0.3) is 0 Å². The van der Waals surface area contributed by atoms with Gasteiger partial charge in [0.1, 0.15) is 21.5 Å². The second-order valence-corrected chi connectivity index (χ2v) is 6.22. The average Bonchev–Trinajstić information content (AvgIpc) is 2.89. The lowest BCUT2D eigenvalue weighted by atomic mass is 10.1. The molecule has 1 atom stereocenters. The molecule has 0 aliphatic heterocycles. The first-order chi connectivity index (χ1) is 11.3. The summed E-state index contributed by atoms with van der Waals surface area (Å²) < 4.78 is 18.4. The minimum atomic E-state index is -1.04. The third kappa shape index (κ3) is 4.08. The minimum Gasteiger partial charge on any atom is -0.496 e. The maximum atomic E-state index is 13.3. The number of aromatic nitrogens is 1. The van der Waals surface area contributed by atoms with Crippen LogP contribution in [0.2, 0.25) is 0 Å². The molecule has 0 spiro atoms. The number of nitrogens with one attached hydrogen (secondary N) is 1. The molecule has 1 heterocycles. The molecular formula is C16H17FN2O4S. The molecule has 8 heteroatoms. The SMILES string of the molecule is COc1ccc(F)cc1CC(=O)NC(C)c1nc(C)c(C(=O)O)s1. The zero-order valence-electron chi connectivity index (χ0n) is 13.4. The van der Waals surface area contributed by atoms with Gasteiger partial charge in [0.15, 0.2) is 0 Å². The zero-order chi connectivity index (χ0) is 17.9. The lowest BCUT2D eigenvalue weighted by Crippen LogP contribution is -2.28. The monoisotopic (exact) mass is 352 g/mol. The molecule has 0 bridgehead atoms. The predicted octanol–water partition coefficient (Wildman–Crippen LogP) is 2.72. The average molecular weight is 352 g/mol. The predicted molar refractivity (Wildman–Crippen MR) is 87.0 cm³/mol. The van der Waals surface area contributed by atoms with Gasteiger partial charge in [-0.25, -0.2) is 14.2 Å². The van der Waals surface area contributed by atoms with E-state index in [0.717, 1.165) is 11.3 Å². The Labute approximate surface area is 142 Å². The van der Waals surface area contributed by atoms with E-state index in [2.05, 4.69) is 10.3 Å². The van der Waals surface area contributed by atoms with Crippen molar-refractivity contribution in [3.8, 4) is 5.75 Å². The quantitative estimate of drug-likeness (QED) is 0.834. The first kappa shape index (κ1) is 17.9. The normalized spacial score (nSPS) is 11.8. The number of halogens is 1. The number of hydrogen-bond donors (Lipinski definition) is 2. The second-order valence-electron chi connectivity index (χ2n) is 5.19. The summed E-state index contributed by atoms with van der Waals surface area (Å²) in [5.74, 6) is -1.40. The van der Waals surface area contributed by atoms with Gasteiger partial charge in [0.2, 0.25) is 5.91 Å². The highest BCUT2D eigenvalue weighted by molar-refractivity contribution is 7.13. The number of carbonyl (C=O) groups is 2. The van der Waals surface area contributed by atoms with Crippen molar-refractivity contribution in [2.24, 2.45) is 0 Å². The molecule has 1 aromatic carbocycles. The van der Waals surface area contributed by atoms with E-state index in [1.807, 2.05) is 0 Å². The van der Waals surface area contributed by atoms with E-state index in [1.165, 1.54) is 25.3 Å². The van der Waals surface area contributed by atoms with E-state index >= 15 is 0 Å². The number of aryl methyl sites for hydroxylation is 1. The largest absolute Gasteiger partial charge is 0.496 e. The topological polar surface area (TPSA) is 88.5 Å². The molecule has 1 unspecified atom stereocenters. The first-order valence-electron chi connectivity index (χ1n) is 7.14. The molecule has 6 nitrogen and oxygen atoms in total. The van der Waals surface area contributed by atoms with E-state index in [0.29, 0.717) is 22.0 Å². The number of benzene rings is 1. The van der Waals surface area contributed by atoms with Crippen LogP contribution >= 0.6 is 11.3 Å². The number of carboxylic acids is 1. The van der Waals surface area contributed by atoms with Crippen LogP contribution in [0.1, 0.15) is 38.9 Å². The van der Waals surface area contributed by atoms with Crippen LogP contribution in [0.15, 0.2) is 18.2 Å². The fraction of sp³-hybridized carbons (Fsp3) is 0.312. The van der Waals surface area contributed by atoms with E-state index in [9.17, 15) is 14.0 Å². The van der Waals surface area contributed by atoms with Crippen LogP contribution < -0.4 is 10.1 Å². The fourth-order valence-corrected chi connectivity index (χ4v) is 3.12. The zero-order valence-corrected chi connectivity index (χ0v) is 14.2. The Morgan fingerprint density at radius 3 is 2.75 bits per heavy atom. The third-order valence-corrected chi connectivity index (χ3v) is 4.68. The Bertz CT molecular complexity index is 775.